The molecule has 0 aliphatic heterocycles. The number of hydrogen-bond donors (Lipinski definition) is 4. The highest BCUT2D eigenvalue weighted by Crippen LogP contribution is 2.11. The predicted octanol–water partition coefficient (Wildman–Crippen LogP) is 0.835. The van der Waals surface area contributed by atoms with Crippen LogP contribution >= 0.6 is 0 Å². The molecule has 110 valence electrons. The van der Waals surface area contributed by atoms with Gasteiger partial charge in [0.1, 0.15) is 0 Å². The second-order valence-corrected chi connectivity index (χ2v) is 4.73. The number of benzene rings is 1. The largest absolute Gasteiger partial charge is 0.409 e. The molecule has 20 heavy (non-hydrogen) atoms. The van der Waals surface area contributed by atoms with Crippen molar-refractivity contribution in [1.82, 2.24) is 5.32 Å². The molecule has 1 aromatic rings. The van der Waals surface area contributed by atoms with E-state index in [1.807, 2.05) is 25.1 Å². The average molecular weight is 278 g/mol. The van der Waals surface area contributed by atoms with E-state index in [2.05, 4.69) is 10.5 Å². The fraction of sp³-hybridized carbons (Fsp3) is 0.429. The molecule has 1 rings (SSSR count). The zero-order valence-corrected chi connectivity index (χ0v) is 11.7. The number of amidine groups is 1. The molecular formula is C14H22N4O2. The molecule has 0 bridgehead atoms. The Bertz CT molecular complexity index is 486. The minimum atomic E-state index is -0.250. The number of nitrogens with two attached hydrogens (primary N) is 2. The Morgan fingerprint density at radius 2 is 2.10 bits per heavy atom. The molecule has 0 radical (unpaired) electrons. The second-order valence-electron chi connectivity index (χ2n) is 4.73. The molecule has 1 amide bonds. The fourth-order valence-electron chi connectivity index (χ4n) is 1.88. The van der Waals surface area contributed by atoms with Gasteiger partial charge in [0.2, 0.25) is 5.91 Å². The third-order valence-electron chi connectivity index (χ3n) is 3.09. The smallest absolute Gasteiger partial charge is 0.217 e. The Morgan fingerprint density at radius 1 is 1.35 bits per heavy atom. The summed E-state index contributed by atoms with van der Waals surface area (Å²) in [6.07, 6.45) is 2.17. The zero-order chi connectivity index (χ0) is 15.0. The first-order valence-electron chi connectivity index (χ1n) is 6.61. The van der Waals surface area contributed by atoms with Crippen LogP contribution < -0.4 is 16.8 Å². The molecule has 0 aliphatic rings. The van der Waals surface area contributed by atoms with Gasteiger partial charge >= 0.3 is 0 Å². The van der Waals surface area contributed by atoms with Crippen LogP contribution in [-0.2, 0) is 11.3 Å². The van der Waals surface area contributed by atoms with Crippen LogP contribution in [0.3, 0.4) is 0 Å². The van der Waals surface area contributed by atoms with Gasteiger partial charge in [0.05, 0.1) is 0 Å². The normalized spacial score (nSPS) is 11.6. The molecule has 6 N–H and O–H groups in total. The number of hydrogen-bond acceptors (Lipinski definition) is 4. The van der Waals surface area contributed by atoms with E-state index in [0.29, 0.717) is 12.0 Å². The van der Waals surface area contributed by atoms with E-state index >= 15 is 0 Å². The van der Waals surface area contributed by atoms with E-state index in [0.717, 1.165) is 37.1 Å². The maximum atomic E-state index is 10.6. The molecule has 0 atom stereocenters. The number of nitrogens with zero attached hydrogens (tertiary/aromatic N) is 1. The van der Waals surface area contributed by atoms with Gasteiger partial charge in [0.15, 0.2) is 5.84 Å². The maximum Gasteiger partial charge on any atom is 0.217 e. The van der Waals surface area contributed by atoms with Gasteiger partial charge in [-0.15, -0.1) is 0 Å². The van der Waals surface area contributed by atoms with Gasteiger partial charge in [-0.25, -0.2) is 0 Å². The molecule has 6 nitrogen and oxygen atoms in total. The van der Waals surface area contributed by atoms with Crippen LogP contribution in [0.2, 0.25) is 0 Å². The van der Waals surface area contributed by atoms with Gasteiger partial charge in [0, 0.05) is 18.5 Å². The van der Waals surface area contributed by atoms with Crippen molar-refractivity contribution in [3.63, 3.8) is 0 Å². The summed E-state index contributed by atoms with van der Waals surface area (Å²) >= 11 is 0. The topological polar surface area (TPSA) is 114 Å². The number of carbonyl (C=O) groups excluding carboxylic acids is 1. The third kappa shape index (κ3) is 5.27. The first-order chi connectivity index (χ1) is 9.54. The molecule has 0 saturated heterocycles. The zero-order valence-electron chi connectivity index (χ0n) is 11.7. The van der Waals surface area contributed by atoms with Crippen molar-refractivity contribution in [3.8, 4) is 0 Å². The van der Waals surface area contributed by atoms with Crippen LogP contribution in [0, 0.1) is 6.92 Å². The van der Waals surface area contributed by atoms with Crippen LogP contribution in [0.25, 0.3) is 0 Å². The SMILES string of the molecule is Cc1cc(/C(N)=N/O)ccc1CNCCCCC(N)=O. The van der Waals surface area contributed by atoms with Crippen LogP contribution in [-0.4, -0.2) is 23.5 Å². The fourth-order valence-corrected chi connectivity index (χ4v) is 1.88. The second kappa shape index (κ2) is 8.16. The molecule has 1 aromatic carbocycles. The Hall–Kier alpha value is -2.08. The van der Waals surface area contributed by atoms with E-state index in [1.54, 1.807) is 0 Å². The Labute approximate surface area is 118 Å². The quantitative estimate of drug-likeness (QED) is 0.185. The van der Waals surface area contributed by atoms with Crippen molar-refractivity contribution < 1.29 is 10.0 Å². The van der Waals surface area contributed by atoms with Crippen molar-refractivity contribution >= 4 is 11.7 Å². The lowest BCUT2D eigenvalue weighted by molar-refractivity contribution is -0.118. The summed E-state index contributed by atoms with van der Waals surface area (Å²) in [5.74, 6) is -0.140. The minimum Gasteiger partial charge on any atom is -0.409 e. The van der Waals surface area contributed by atoms with Gasteiger partial charge in [-0.2, -0.15) is 0 Å². The molecule has 0 spiro atoms. The van der Waals surface area contributed by atoms with Gasteiger partial charge in [-0.05, 0) is 43.5 Å². The molecule has 0 aromatic heterocycles. The number of carbonyl (C=O) groups is 1. The molecule has 0 unspecified atom stereocenters. The monoisotopic (exact) mass is 278 g/mol. The van der Waals surface area contributed by atoms with E-state index in [1.165, 1.54) is 0 Å². The van der Waals surface area contributed by atoms with Crippen molar-refractivity contribution in [2.45, 2.75) is 32.7 Å². The number of rotatable bonds is 8. The number of unbranched alkanes of at least 4 members (excludes halogenated alkanes) is 1. The van der Waals surface area contributed by atoms with Crippen LogP contribution in [0.15, 0.2) is 23.4 Å². The number of nitrogens with one attached hydrogen (secondary N) is 1. The van der Waals surface area contributed by atoms with Gasteiger partial charge in [-0.3, -0.25) is 4.79 Å². The van der Waals surface area contributed by atoms with Crippen molar-refractivity contribution in [2.75, 3.05) is 6.54 Å². The van der Waals surface area contributed by atoms with Crippen molar-refractivity contribution in [3.05, 3.63) is 34.9 Å². The predicted molar refractivity (Wildman–Crippen MR) is 78.4 cm³/mol. The van der Waals surface area contributed by atoms with E-state index < -0.39 is 0 Å². The third-order valence-corrected chi connectivity index (χ3v) is 3.09. The van der Waals surface area contributed by atoms with Crippen LogP contribution in [0.1, 0.15) is 36.0 Å². The average Bonchev–Trinajstić information content (AvgIpc) is 2.42. The summed E-state index contributed by atoms with van der Waals surface area (Å²) in [5, 5.41) is 14.9. The molecule has 6 heteroatoms. The molecule has 0 saturated carbocycles. The highest BCUT2D eigenvalue weighted by Gasteiger charge is 2.03. The van der Waals surface area contributed by atoms with E-state index in [4.69, 9.17) is 16.7 Å². The van der Waals surface area contributed by atoms with Gasteiger partial charge in [0.25, 0.3) is 0 Å². The molecule has 0 heterocycles. The van der Waals surface area contributed by atoms with Gasteiger partial charge < -0.3 is 22.0 Å². The summed E-state index contributed by atoms with van der Waals surface area (Å²) in [6, 6.07) is 5.67. The minimum absolute atomic E-state index is 0.110. The Morgan fingerprint density at radius 3 is 2.70 bits per heavy atom. The molecular weight excluding hydrogens is 256 g/mol. The first-order valence-corrected chi connectivity index (χ1v) is 6.61. The maximum absolute atomic E-state index is 10.6. The standard InChI is InChI=1S/C14H22N4O2/c1-10-8-11(14(16)18-20)5-6-12(10)9-17-7-3-2-4-13(15)19/h5-6,8,17,20H,2-4,7,9H2,1H3,(H2,15,19)(H2,16,18). The first kappa shape index (κ1) is 16.0. The lowest BCUT2D eigenvalue weighted by Crippen LogP contribution is -2.17. The molecule has 0 aliphatic carbocycles. The van der Waals surface area contributed by atoms with Crippen molar-refractivity contribution in [1.29, 1.82) is 0 Å². The number of primary amides is 1. The number of oxime groups is 1. The van der Waals surface area contributed by atoms with Crippen LogP contribution in [0.5, 0.6) is 0 Å². The lowest BCUT2D eigenvalue weighted by atomic mass is 10.0. The number of amides is 1. The number of aryl methyl sites for hydroxylation is 1. The van der Waals surface area contributed by atoms with E-state index in [-0.39, 0.29) is 11.7 Å². The molecule has 0 fully saturated rings. The Kier molecular flexibility index (Phi) is 6.52. The highest BCUT2D eigenvalue weighted by atomic mass is 16.4. The van der Waals surface area contributed by atoms with Crippen LogP contribution in [0.4, 0.5) is 0 Å². The summed E-state index contributed by atoms with van der Waals surface area (Å²) < 4.78 is 0. The lowest BCUT2D eigenvalue weighted by Gasteiger charge is -2.09. The Balaban J connectivity index is 2.39. The summed E-state index contributed by atoms with van der Waals surface area (Å²) in [7, 11) is 0. The summed E-state index contributed by atoms with van der Waals surface area (Å²) in [4.78, 5) is 10.6. The van der Waals surface area contributed by atoms with Gasteiger partial charge in [-0.1, -0.05) is 17.3 Å². The van der Waals surface area contributed by atoms with Crippen molar-refractivity contribution in [2.24, 2.45) is 16.6 Å². The summed E-state index contributed by atoms with van der Waals surface area (Å²) in [6.45, 7) is 3.58. The summed E-state index contributed by atoms with van der Waals surface area (Å²) in [5.41, 5.74) is 13.6. The highest BCUT2D eigenvalue weighted by molar-refractivity contribution is 5.97. The van der Waals surface area contributed by atoms with E-state index in [9.17, 15) is 4.79 Å².